The summed E-state index contributed by atoms with van der Waals surface area (Å²) in [5.41, 5.74) is -3.27. The van der Waals surface area contributed by atoms with Crippen LogP contribution in [0.15, 0.2) is 91.2 Å². The summed E-state index contributed by atoms with van der Waals surface area (Å²) < 4.78 is 116. The number of carbonyl (C=O) groups is 12. The molecule has 0 radical (unpaired) electrons. The van der Waals surface area contributed by atoms with Crippen molar-refractivity contribution in [3.05, 3.63) is 93.2 Å². The molecule has 2 N–H and O–H groups in total. The first-order chi connectivity index (χ1) is 50.9. The van der Waals surface area contributed by atoms with Crippen LogP contribution in [0.25, 0.3) is 55.7 Å². The van der Waals surface area contributed by atoms with Crippen LogP contribution in [-0.2, 0) is 124 Å². The first-order valence-electron chi connectivity index (χ1n) is 32.5. The van der Waals surface area contributed by atoms with Crippen molar-refractivity contribution in [1.29, 1.82) is 0 Å². The number of esters is 12. The molecule has 12 atom stereocenters. The van der Waals surface area contributed by atoms with E-state index in [1.54, 1.807) is 0 Å². The van der Waals surface area contributed by atoms with E-state index in [0.29, 0.717) is 0 Å². The molecule has 2 aliphatic rings. The zero-order valence-electron chi connectivity index (χ0n) is 60.3. The van der Waals surface area contributed by atoms with E-state index in [1.807, 2.05) is 0 Å². The molecule has 108 heavy (non-hydrogen) atoms. The number of hydrogen-bond acceptors (Lipinski definition) is 36. The van der Waals surface area contributed by atoms with E-state index in [2.05, 4.69) is 0 Å². The van der Waals surface area contributed by atoms with E-state index in [4.69, 9.17) is 94.1 Å². The van der Waals surface area contributed by atoms with Crippen molar-refractivity contribution in [3.8, 4) is 68.3 Å². The highest BCUT2D eigenvalue weighted by atomic mass is 16.8. The monoisotopic (exact) mass is 1510 g/mol. The molecule has 36 nitrogen and oxygen atoms in total. The molecular weight excluding hydrogens is 1440 g/mol. The van der Waals surface area contributed by atoms with Gasteiger partial charge in [0.15, 0.2) is 53.1 Å². The van der Waals surface area contributed by atoms with Gasteiger partial charge in [-0.15, -0.1) is 0 Å². The number of ether oxygens (including phenoxy) is 18. The Morgan fingerprint density at radius 2 is 0.898 bits per heavy atom. The Bertz CT molecular complexity index is 4630. The van der Waals surface area contributed by atoms with Crippen molar-refractivity contribution in [3.63, 3.8) is 0 Å². The maximum absolute atomic E-state index is 15.1. The van der Waals surface area contributed by atoms with Gasteiger partial charge in [-0.25, -0.2) is 9.59 Å². The van der Waals surface area contributed by atoms with E-state index in [-0.39, 0.29) is 56.4 Å². The van der Waals surface area contributed by atoms with Crippen LogP contribution in [0, 0.1) is 0 Å². The normalized spacial score (nSPS) is 20.6. The lowest BCUT2D eigenvalue weighted by atomic mass is 9.89. The largest absolute Gasteiger partial charge is 0.507 e. The predicted octanol–water partition coefficient (Wildman–Crippen LogP) is 4.98. The third-order valence-corrected chi connectivity index (χ3v) is 16.1. The number of hydrogen-bond donors (Lipinski definition) is 2. The highest BCUT2D eigenvalue weighted by Gasteiger charge is 2.63. The van der Waals surface area contributed by atoms with Crippen LogP contribution in [0.2, 0.25) is 0 Å². The molecule has 6 aromatic rings. The van der Waals surface area contributed by atoms with Gasteiger partial charge in [-0.3, -0.25) is 57.5 Å². The van der Waals surface area contributed by atoms with Gasteiger partial charge in [0.05, 0.1) is 46.8 Å². The molecule has 36 heteroatoms. The third kappa shape index (κ3) is 18.8. The van der Waals surface area contributed by atoms with Gasteiger partial charge in [0.25, 0.3) is 0 Å². The Kier molecular flexibility index (Phi) is 25.8. The van der Waals surface area contributed by atoms with Gasteiger partial charge in [-0.1, -0.05) is 0 Å². The van der Waals surface area contributed by atoms with Crippen molar-refractivity contribution in [2.75, 3.05) is 41.7 Å². The van der Waals surface area contributed by atoms with Gasteiger partial charge in [0.2, 0.25) is 0 Å². The minimum Gasteiger partial charge on any atom is -0.507 e. The topological polar surface area (TPSA) is 472 Å². The second-order valence-corrected chi connectivity index (χ2v) is 24.1. The molecule has 4 heterocycles. The van der Waals surface area contributed by atoms with E-state index < -0.39 is 215 Å². The molecule has 8 rings (SSSR count). The summed E-state index contributed by atoms with van der Waals surface area (Å²) in [4.78, 5) is 187. The Morgan fingerprint density at radius 1 is 0.454 bits per heavy atom. The second kappa shape index (κ2) is 34.3. The summed E-state index contributed by atoms with van der Waals surface area (Å²) in [5.74, 6) is -22.4. The zero-order chi connectivity index (χ0) is 79.5. The smallest absolute Gasteiger partial charge is 0.379 e. The van der Waals surface area contributed by atoms with Gasteiger partial charge in [0, 0.05) is 116 Å². The first-order valence-corrected chi connectivity index (χ1v) is 32.5. The van der Waals surface area contributed by atoms with E-state index in [0.717, 1.165) is 102 Å². The number of carbonyl (C=O) groups excluding carboxylic acids is 12. The molecule has 0 saturated carbocycles. The zero-order valence-corrected chi connectivity index (χ0v) is 60.3. The molecule has 0 unspecified atom stereocenters. The summed E-state index contributed by atoms with van der Waals surface area (Å²) in [7, 11) is 4.26. The van der Waals surface area contributed by atoms with Crippen molar-refractivity contribution < 1.29 is 162 Å². The standard InChI is InChI=1S/C72H74O36/c1-31(73)93-29-57(97-35(5)77)64(101-39(9)81)67-62(99-37(7)79)55(95-33(3)75)27-71(107-67,69(87)91-13)105-43-18-15-41(16-19-43)51-25-48(85)61-49(86)26-54(59(66(61)104-51)45-21-42(17-20-50(45)90-12)52-24-47(84)60-46(83)22-44(89-11)23-53(60)103-52)106-72(70(88)92-14)28-56(96-34(4)76)63(100-38(8)80)68(108-72)65(102-40(10)82)58(98-36(6)78)30-94-32(2)74/h15-26,55-58,62-65,67-68,83,86H,27-30H2,1-14H3/t55-,56-,57+,58+,62+,63+,64+,65+,67+,68+,71+,72+/m0/s1. The lowest BCUT2D eigenvalue weighted by molar-refractivity contribution is -0.309. The number of rotatable bonds is 27. The Labute approximate surface area is 611 Å². The van der Waals surface area contributed by atoms with Crippen molar-refractivity contribution in [2.24, 2.45) is 0 Å². The molecule has 2 aliphatic heterocycles. The lowest BCUT2D eigenvalue weighted by Gasteiger charge is -2.47. The van der Waals surface area contributed by atoms with Crippen LogP contribution >= 0.6 is 0 Å². The maximum atomic E-state index is 15.1. The molecule has 0 aliphatic carbocycles. The number of phenols is 2. The minimum absolute atomic E-state index is 0.0184. The summed E-state index contributed by atoms with van der Waals surface area (Å²) in [6, 6.07) is 14.2. The molecule has 0 amide bonds. The summed E-state index contributed by atoms with van der Waals surface area (Å²) in [6.45, 7) is 7.71. The molecule has 4 aromatic carbocycles. The lowest BCUT2D eigenvalue weighted by Crippen LogP contribution is -2.67. The molecule has 2 saturated heterocycles. The fraction of sp³-hybridized carbons (Fsp3) is 0.417. The predicted molar refractivity (Wildman–Crippen MR) is 359 cm³/mol. The van der Waals surface area contributed by atoms with Gasteiger partial charge < -0.3 is 104 Å². The molecule has 2 aromatic heterocycles. The number of benzene rings is 4. The highest BCUT2D eigenvalue weighted by molar-refractivity contribution is 6.02. The van der Waals surface area contributed by atoms with E-state index in [9.17, 15) is 72.5 Å². The summed E-state index contributed by atoms with van der Waals surface area (Å²) >= 11 is 0. The van der Waals surface area contributed by atoms with Crippen molar-refractivity contribution in [2.45, 2.75) is 155 Å². The Morgan fingerprint density at radius 3 is 1.33 bits per heavy atom. The van der Waals surface area contributed by atoms with Gasteiger partial charge in [-0.2, -0.15) is 0 Å². The summed E-state index contributed by atoms with van der Waals surface area (Å²) in [5, 5.41) is 22.3. The van der Waals surface area contributed by atoms with Crippen molar-refractivity contribution in [1.82, 2.24) is 0 Å². The van der Waals surface area contributed by atoms with Crippen LogP contribution in [0.4, 0.5) is 0 Å². The van der Waals surface area contributed by atoms with Crippen LogP contribution in [0.3, 0.4) is 0 Å². The van der Waals surface area contributed by atoms with Crippen LogP contribution in [-0.4, -0.2) is 196 Å². The number of aromatic hydroxyl groups is 2. The summed E-state index contributed by atoms with van der Waals surface area (Å²) in [6.07, 6.45) is -21.5. The molecule has 0 bridgehead atoms. The van der Waals surface area contributed by atoms with Crippen LogP contribution in [0.5, 0.6) is 34.5 Å². The van der Waals surface area contributed by atoms with Gasteiger partial charge >= 0.3 is 83.2 Å². The highest BCUT2D eigenvalue weighted by Crippen LogP contribution is 2.50. The second-order valence-electron chi connectivity index (χ2n) is 24.1. The fourth-order valence-electron chi connectivity index (χ4n) is 12.2. The molecular formula is C72H74O36. The maximum Gasteiger partial charge on any atom is 0.379 e. The molecule has 2 fully saturated rings. The average molecular weight is 1520 g/mol. The quantitative estimate of drug-likeness (QED) is 0.0507. The van der Waals surface area contributed by atoms with Gasteiger partial charge in [-0.05, 0) is 42.5 Å². The first kappa shape index (κ1) is 81.3. The SMILES string of the molecule is COC(=O)[C@@]1(Oc2ccc(-c3cc(=O)c4c(O)cc(O[C@]5(C(=O)OC)C[C@H](OC(C)=O)[C@@H](OC(C)=O)[C@H]([C@H](OC(C)=O)[C@@H](COC(C)=O)OC(C)=O)O5)c(-c5cc(-c6cc(=O)c7c(O)cc(OC)cc7o6)ccc5OC)c4o3)cc2)C[C@H](OC(C)=O)[C@@H](OC(C)=O)[C@H]([C@H](OC(C)=O)[C@@H](COC(C)=O)OC(C)=O)O1. The minimum atomic E-state index is -3.16. The molecule has 0 spiro atoms. The third-order valence-electron chi connectivity index (χ3n) is 16.1. The van der Waals surface area contributed by atoms with Crippen LogP contribution < -0.4 is 29.8 Å². The Balaban J connectivity index is 1.39. The van der Waals surface area contributed by atoms with Crippen LogP contribution in [0.1, 0.15) is 82.1 Å². The average Bonchev–Trinajstić information content (AvgIpc) is 0.732. The van der Waals surface area contributed by atoms with Crippen molar-refractivity contribution >= 4 is 93.6 Å². The number of fused-ring (bicyclic) bond motifs is 2. The number of phenolic OH excluding ortho intramolecular Hbond substituents is 2. The Hall–Kier alpha value is -12.3. The molecule has 578 valence electrons. The van der Waals surface area contributed by atoms with E-state index in [1.165, 1.54) is 68.8 Å². The fourth-order valence-corrected chi connectivity index (χ4v) is 12.2. The van der Waals surface area contributed by atoms with Gasteiger partial charge in [0.1, 0.15) is 100 Å². The number of methoxy groups -OCH3 is 4. The van der Waals surface area contributed by atoms with E-state index >= 15 is 4.79 Å².